The van der Waals surface area contributed by atoms with Crippen molar-refractivity contribution in [3.05, 3.63) is 59.9 Å². The summed E-state index contributed by atoms with van der Waals surface area (Å²) in [7, 11) is 3.69. The maximum Gasteiger partial charge on any atom is 0.235 e. The fourth-order valence-electron chi connectivity index (χ4n) is 5.02. The molecule has 2 heterocycles. The third kappa shape index (κ3) is 4.36. The molecule has 160 valence electrons. The van der Waals surface area contributed by atoms with Gasteiger partial charge in [-0.25, -0.2) is 0 Å². The number of pyridine rings is 1. The molecular weight excluding hydrogens is 374 g/mol. The Hall–Kier alpha value is -2.40. The number of ether oxygens (including phenoxy) is 1. The van der Waals surface area contributed by atoms with Crippen molar-refractivity contribution in [3.63, 3.8) is 0 Å². The molecule has 1 aliphatic heterocycles. The minimum Gasteiger partial charge on any atom is -0.490 e. The van der Waals surface area contributed by atoms with Gasteiger partial charge in [0, 0.05) is 38.9 Å². The third-order valence-electron chi connectivity index (χ3n) is 6.50. The van der Waals surface area contributed by atoms with Gasteiger partial charge in [-0.05, 0) is 63.3 Å². The summed E-state index contributed by atoms with van der Waals surface area (Å²) in [6.07, 6.45) is 8.77. The SMILES string of the molecule is CN(C)C(=O)[C@@]1(c2ccccn2)CCCN(Cc2ccccc2OC2CCCC2)C1. The molecule has 0 N–H and O–H groups in total. The van der Waals surface area contributed by atoms with E-state index >= 15 is 0 Å². The summed E-state index contributed by atoms with van der Waals surface area (Å²) in [5.41, 5.74) is 1.49. The average molecular weight is 408 g/mol. The molecule has 1 amide bonds. The first-order chi connectivity index (χ1) is 14.6. The van der Waals surface area contributed by atoms with Gasteiger partial charge in [-0.1, -0.05) is 24.3 Å². The fourth-order valence-corrected chi connectivity index (χ4v) is 5.02. The molecule has 2 aliphatic rings. The lowest BCUT2D eigenvalue weighted by atomic mass is 9.75. The highest BCUT2D eigenvalue weighted by Crippen LogP contribution is 2.36. The molecule has 5 nitrogen and oxygen atoms in total. The number of nitrogens with zero attached hydrogens (tertiary/aromatic N) is 3. The zero-order valence-electron chi connectivity index (χ0n) is 18.2. The summed E-state index contributed by atoms with van der Waals surface area (Å²) in [5, 5.41) is 0. The molecule has 2 aromatic rings. The minimum atomic E-state index is -0.593. The monoisotopic (exact) mass is 407 g/mol. The van der Waals surface area contributed by atoms with Crippen LogP contribution in [0, 0.1) is 0 Å². The third-order valence-corrected chi connectivity index (χ3v) is 6.50. The van der Waals surface area contributed by atoms with Crippen molar-refractivity contribution in [1.29, 1.82) is 0 Å². The number of carbonyl (C=O) groups is 1. The van der Waals surface area contributed by atoms with Gasteiger partial charge < -0.3 is 9.64 Å². The van der Waals surface area contributed by atoms with E-state index in [1.165, 1.54) is 18.4 Å². The molecule has 1 aliphatic carbocycles. The van der Waals surface area contributed by atoms with Crippen LogP contribution in [-0.4, -0.2) is 54.0 Å². The van der Waals surface area contributed by atoms with Crippen LogP contribution in [-0.2, 0) is 16.8 Å². The van der Waals surface area contributed by atoms with E-state index in [1.54, 1.807) is 11.1 Å². The Morgan fingerprint density at radius 2 is 1.90 bits per heavy atom. The lowest BCUT2D eigenvalue weighted by molar-refractivity contribution is -0.137. The topological polar surface area (TPSA) is 45.7 Å². The molecule has 1 saturated carbocycles. The van der Waals surface area contributed by atoms with Gasteiger partial charge in [0.05, 0.1) is 11.8 Å². The fraction of sp³-hybridized carbons (Fsp3) is 0.520. The van der Waals surface area contributed by atoms with Crippen molar-refractivity contribution in [2.45, 2.75) is 56.6 Å². The van der Waals surface area contributed by atoms with Gasteiger partial charge >= 0.3 is 0 Å². The summed E-state index contributed by atoms with van der Waals surface area (Å²) < 4.78 is 6.36. The van der Waals surface area contributed by atoms with Gasteiger partial charge in [-0.2, -0.15) is 0 Å². The van der Waals surface area contributed by atoms with Crippen LogP contribution < -0.4 is 4.74 Å². The molecule has 0 bridgehead atoms. The molecule has 0 unspecified atom stereocenters. The number of amides is 1. The molecule has 2 fully saturated rings. The Labute approximate surface area is 180 Å². The maximum atomic E-state index is 13.3. The molecule has 0 spiro atoms. The Kier molecular flexibility index (Phi) is 6.38. The molecule has 5 heteroatoms. The number of hydrogen-bond donors (Lipinski definition) is 0. The van der Waals surface area contributed by atoms with Crippen molar-refractivity contribution < 1.29 is 9.53 Å². The average Bonchev–Trinajstić information content (AvgIpc) is 3.28. The summed E-state index contributed by atoms with van der Waals surface area (Å²) in [6, 6.07) is 14.3. The number of carbonyl (C=O) groups excluding carboxylic acids is 1. The number of para-hydroxylation sites is 1. The first kappa shape index (κ1) is 20.9. The smallest absolute Gasteiger partial charge is 0.235 e. The number of likely N-dealkylation sites (N-methyl/N-ethyl adjacent to an activating group) is 1. The molecule has 1 saturated heterocycles. The van der Waals surface area contributed by atoms with Gasteiger partial charge in [0.2, 0.25) is 5.91 Å². The van der Waals surface area contributed by atoms with E-state index < -0.39 is 5.41 Å². The van der Waals surface area contributed by atoms with Crippen LogP contribution in [0.3, 0.4) is 0 Å². The molecule has 30 heavy (non-hydrogen) atoms. The van der Waals surface area contributed by atoms with Crippen molar-refractivity contribution in [3.8, 4) is 5.75 Å². The van der Waals surface area contributed by atoms with E-state index in [0.717, 1.165) is 50.2 Å². The van der Waals surface area contributed by atoms with Crippen LogP contribution in [0.2, 0.25) is 0 Å². The number of likely N-dealkylation sites (tertiary alicyclic amines) is 1. The number of piperidine rings is 1. The number of rotatable bonds is 6. The van der Waals surface area contributed by atoms with Crippen LogP contribution in [0.5, 0.6) is 5.75 Å². The van der Waals surface area contributed by atoms with Gasteiger partial charge in [0.15, 0.2) is 0 Å². The number of hydrogen-bond acceptors (Lipinski definition) is 4. The summed E-state index contributed by atoms with van der Waals surface area (Å²) in [4.78, 5) is 22.1. The number of benzene rings is 1. The Morgan fingerprint density at radius 1 is 1.13 bits per heavy atom. The van der Waals surface area contributed by atoms with Crippen LogP contribution in [0.15, 0.2) is 48.7 Å². The van der Waals surface area contributed by atoms with Crippen LogP contribution >= 0.6 is 0 Å². The highest BCUT2D eigenvalue weighted by Gasteiger charge is 2.45. The Morgan fingerprint density at radius 3 is 2.63 bits per heavy atom. The standard InChI is InChI=1S/C25H33N3O2/c1-27(2)24(29)25(23-14-7-8-16-26-23)15-9-17-28(19-25)18-20-10-3-6-13-22(20)30-21-11-4-5-12-21/h3,6-8,10,13-14,16,21H,4-5,9,11-12,15,17-19H2,1-2H3/t25-/m0/s1. The van der Waals surface area contributed by atoms with E-state index in [0.29, 0.717) is 12.6 Å². The Bertz CT molecular complexity index is 848. The second-order valence-corrected chi connectivity index (χ2v) is 8.94. The van der Waals surface area contributed by atoms with Crippen LogP contribution in [0.1, 0.15) is 49.8 Å². The predicted molar refractivity (Wildman–Crippen MR) is 118 cm³/mol. The van der Waals surface area contributed by atoms with Gasteiger partial charge in [0.25, 0.3) is 0 Å². The normalized spacial score (nSPS) is 22.7. The van der Waals surface area contributed by atoms with E-state index in [1.807, 2.05) is 32.3 Å². The van der Waals surface area contributed by atoms with Crippen molar-refractivity contribution in [1.82, 2.24) is 14.8 Å². The van der Waals surface area contributed by atoms with E-state index in [9.17, 15) is 4.79 Å². The van der Waals surface area contributed by atoms with Crippen molar-refractivity contribution >= 4 is 5.91 Å². The lowest BCUT2D eigenvalue weighted by Crippen LogP contribution is -2.54. The zero-order chi connectivity index (χ0) is 21.0. The van der Waals surface area contributed by atoms with Crippen LogP contribution in [0.25, 0.3) is 0 Å². The second kappa shape index (κ2) is 9.17. The molecule has 0 radical (unpaired) electrons. The quantitative estimate of drug-likeness (QED) is 0.725. The van der Waals surface area contributed by atoms with Gasteiger partial charge in [-0.3, -0.25) is 14.7 Å². The predicted octanol–water partition coefficient (Wildman–Crippen LogP) is 4.03. The molecular formula is C25H33N3O2. The maximum absolute atomic E-state index is 13.3. The van der Waals surface area contributed by atoms with Gasteiger partial charge in [0.1, 0.15) is 11.2 Å². The first-order valence-corrected chi connectivity index (χ1v) is 11.2. The van der Waals surface area contributed by atoms with E-state index in [-0.39, 0.29) is 5.91 Å². The van der Waals surface area contributed by atoms with Crippen LogP contribution in [0.4, 0.5) is 0 Å². The van der Waals surface area contributed by atoms with Gasteiger partial charge in [-0.15, -0.1) is 0 Å². The molecule has 4 rings (SSSR count). The number of aromatic nitrogens is 1. The summed E-state index contributed by atoms with van der Waals surface area (Å²) in [5.74, 6) is 1.14. The molecule has 1 aromatic carbocycles. The van der Waals surface area contributed by atoms with Crippen molar-refractivity contribution in [2.75, 3.05) is 27.2 Å². The zero-order valence-corrected chi connectivity index (χ0v) is 18.2. The Balaban J connectivity index is 1.57. The largest absolute Gasteiger partial charge is 0.490 e. The lowest BCUT2D eigenvalue weighted by Gasteiger charge is -2.42. The highest BCUT2D eigenvalue weighted by molar-refractivity contribution is 5.88. The van der Waals surface area contributed by atoms with Crippen molar-refractivity contribution in [2.24, 2.45) is 0 Å². The van der Waals surface area contributed by atoms with E-state index in [2.05, 4.69) is 34.1 Å². The molecule has 1 atom stereocenters. The first-order valence-electron chi connectivity index (χ1n) is 11.2. The highest BCUT2D eigenvalue weighted by atomic mass is 16.5. The second-order valence-electron chi connectivity index (χ2n) is 8.94. The minimum absolute atomic E-state index is 0.140. The summed E-state index contributed by atoms with van der Waals surface area (Å²) in [6.45, 7) is 2.45. The summed E-state index contributed by atoms with van der Waals surface area (Å²) >= 11 is 0. The van der Waals surface area contributed by atoms with E-state index in [4.69, 9.17) is 4.74 Å². The molecule has 1 aromatic heterocycles.